The molecule has 0 spiro atoms. The number of piperazine rings is 1. The topological polar surface area (TPSA) is 65.5 Å². The molecule has 148 valence electrons. The van der Waals surface area contributed by atoms with Crippen molar-refractivity contribution in [3.8, 4) is 0 Å². The quantitative estimate of drug-likeness (QED) is 0.687. The predicted molar refractivity (Wildman–Crippen MR) is 113 cm³/mol. The van der Waals surface area contributed by atoms with E-state index in [1.165, 1.54) is 12.8 Å². The Morgan fingerprint density at radius 3 is 2.41 bits per heavy atom. The van der Waals surface area contributed by atoms with Crippen molar-refractivity contribution in [2.75, 3.05) is 49.1 Å². The molecule has 0 atom stereocenters. The summed E-state index contributed by atoms with van der Waals surface area (Å²) in [6.07, 6.45) is 4.25. The number of hydrogen-bond donors (Lipinski definition) is 0. The summed E-state index contributed by atoms with van der Waals surface area (Å²) >= 11 is 0. The maximum absolute atomic E-state index is 12.9. The molecular weight excluding hydrogens is 364 g/mol. The molecule has 0 aliphatic carbocycles. The molecule has 2 fully saturated rings. The number of para-hydroxylation sites is 1. The Morgan fingerprint density at radius 2 is 1.59 bits per heavy atom. The van der Waals surface area contributed by atoms with Crippen LogP contribution in [0.1, 0.15) is 23.3 Å². The second-order valence-electron chi connectivity index (χ2n) is 7.58. The van der Waals surface area contributed by atoms with Crippen LogP contribution in [0.15, 0.2) is 48.7 Å². The first-order valence-corrected chi connectivity index (χ1v) is 10.3. The number of carbonyl (C=O) groups excluding carboxylic acids is 1. The Kier molecular flexibility index (Phi) is 4.71. The maximum Gasteiger partial charge on any atom is 0.272 e. The molecule has 0 saturated carbocycles. The van der Waals surface area contributed by atoms with E-state index >= 15 is 0 Å². The largest absolute Gasteiger partial charge is 0.353 e. The van der Waals surface area contributed by atoms with Crippen molar-refractivity contribution in [3.63, 3.8) is 0 Å². The molecule has 2 aliphatic heterocycles. The van der Waals surface area contributed by atoms with Crippen molar-refractivity contribution in [1.82, 2.24) is 19.9 Å². The molecule has 2 aromatic heterocycles. The zero-order valence-electron chi connectivity index (χ0n) is 16.4. The van der Waals surface area contributed by atoms with Gasteiger partial charge in [-0.1, -0.05) is 24.3 Å². The minimum Gasteiger partial charge on any atom is -0.353 e. The normalized spacial score (nSPS) is 17.2. The highest BCUT2D eigenvalue weighted by Crippen LogP contribution is 2.20. The summed E-state index contributed by atoms with van der Waals surface area (Å²) in [5.74, 6) is 1.76. The molecule has 5 rings (SSSR count). The average molecular weight is 388 g/mol. The van der Waals surface area contributed by atoms with Crippen molar-refractivity contribution < 1.29 is 4.79 Å². The van der Waals surface area contributed by atoms with Crippen molar-refractivity contribution in [1.29, 1.82) is 0 Å². The van der Waals surface area contributed by atoms with Crippen LogP contribution in [0.4, 0.5) is 11.8 Å². The average Bonchev–Trinajstić information content (AvgIpc) is 3.34. The van der Waals surface area contributed by atoms with E-state index in [1.54, 1.807) is 0 Å². The number of benzene rings is 1. The molecule has 1 aromatic carbocycles. The SMILES string of the molecule is O=C(c1ccc2ccccc2n1)N1CCN(c2ccnc(N3CCCC3)n2)CC1. The van der Waals surface area contributed by atoms with Gasteiger partial charge in [-0.15, -0.1) is 0 Å². The Bertz CT molecular complexity index is 1020. The summed E-state index contributed by atoms with van der Waals surface area (Å²) in [7, 11) is 0. The summed E-state index contributed by atoms with van der Waals surface area (Å²) in [6.45, 7) is 4.91. The van der Waals surface area contributed by atoms with E-state index in [0.717, 1.165) is 48.8 Å². The van der Waals surface area contributed by atoms with Crippen molar-refractivity contribution in [3.05, 3.63) is 54.4 Å². The van der Waals surface area contributed by atoms with Gasteiger partial charge in [-0.25, -0.2) is 9.97 Å². The van der Waals surface area contributed by atoms with Crippen LogP contribution in [0.25, 0.3) is 10.9 Å². The van der Waals surface area contributed by atoms with E-state index in [2.05, 4.69) is 19.8 Å². The van der Waals surface area contributed by atoms with Crippen molar-refractivity contribution >= 4 is 28.6 Å². The minimum absolute atomic E-state index is 0.00385. The zero-order chi connectivity index (χ0) is 19.6. The van der Waals surface area contributed by atoms with E-state index in [1.807, 2.05) is 53.6 Å². The first-order valence-electron chi connectivity index (χ1n) is 10.3. The van der Waals surface area contributed by atoms with Gasteiger partial charge in [0, 0.05) is 50.9 Å². The van der Waals surface area contributed by atoms with Gasteiger partial charge in [0.15, 0.2) is 0 Å². The van der Waals surface area contributed by atoms with E-state index in [0.29, 0.717) is 18.8 Å². The number of pyridine rings is 1. The molecule has 0 bridgehead atoms. The molecule has 3 aromatic rings. The zero-order valence-corrected chi connectivity index (χ0v) is 16.4. The number of rotatable bonds is 3. The van der Waals surface area contributed by atoms with Gasteiger partial charge in [-0.05, 0) is 31.0 Å². The van der Waals surface area contributed by atoms with Gasteiger partial charge in [0.1, 0.15) is 11.5 Å². The summed E-state index contributed by atoms with van der Waals surface area (Å²) in [6, 6.07) is 13.6. The Hall–Kier alpha value is -3.22. The molecule has 2 saturated heterocycles. The highest BCUT2D eigenvalue weighted by Gasteiger charge is 2.24. The first-order chi connectivity index (χ1) is 14.3. The standard InChI is InChI=1S/C22H24N6O/c29-21(19-8-7-17-5-1-2-6-18(17)24-19)27-15-13-26(14-16-27)20-9-10-23-22(25-20)28-11-3-4-12-28/h1-2,5-10H,3-4,11-16H2. The highest BCUT2D eigenvalue weighted by atomic mass is 16.2. The number of aromatic nitrogens is 3. The molecule has 1 amide bonds. The highest BCUT2D eigenvalue weighted by molar-refractivity contribution is 5.95. The lowest BCUT2D eigenvalue weighted by Gasteiger charge is -2.35. The third kappa shape index (κ3) is 3.60. The van der Waals surface area contributed by atoms with Crippen molar-refractivity contribution in [2.45, 2.75) is 12.8 Å². The van der Waals surface area contributed by atoms with Crippen LogP contribution < -0.4 is 9.80 Å². The molecule has 2 aliphatic rings. The Morgan fingerprint density at radius 1 is 0.793 bits per heavy atom. The molecule has 7 nitrogen and oxygen atoms in total. The predicted octanol–water partition coefficient (Wildman–Crippen LogP) is 2.59. The third-order valence-corrected chi connectivity index (χ3v) is 5.73. The van der Waals surface area contributed by atoms with E-state index < -0.39 is 0 Å². The summed E-state index contributed by atoms with van der Waals surface area (Å²) < 4.78 is 0. The van der Waals surface area contributed by atoms with Crippen LogP contribution in [0.3, 0.4) is 0 Å². The molecule has 0 radical (unpaired) electrons. The lowest BCUT2D eigenvalue weighted by molar-refractivity contribution is 0.0741. The Balaban J connectivity index is 1.26. The van der Waals surface area contributed by atoms with Crippen LogP contribution in [0.5, 0.6) is 0 Å². The fraction of sp³-hybridized carbons (Fsp3) is 0.364. The van der Waals surface area contributed by atoms with E-state index in [9.17, 15) is 4.79 Å². The number of carbonyl (C=O) groups is 1. The van der Waals surface area contributed by atoms with Gasteiger partial charge in [0.2, 0.25) is 5.95 Å². The maximum atomic E-state index is 12.9. The van der Waals surface area contributed by atoms with Crippen molar-refractivity contribution in [2.24, 2.45) is 0 Å². The van der Waals surface area contributed by atoms with Gasteiger partial charge in [-0.2, -0.15) is 4.98 Å². The molecule has 0 unspecified atom stereocenters. The lowest BCUT2D eigenvalue weighted by Crippen LogP contribution is -2.49. The molecule has 0 N–H and O–H groups in total. The van der Waals surface area contributed by atoms with Gasteiger partial charge in [0.05, 0.1) is 5.52 Å². The van der Waals surface area contributed by atoms with Crippen LogP contribution in [0.2, 0.25) is 0 Å². The van der Waals surface area contributed by atoms with E-state index in [4.69, 9.17) is 4.98 Å². The molecule has 7 heteroatoms. The fourth-order valence-electron chi connectivity index (χ4n) is 4.07. The molecule has 4 heterocycles. The smallest absolute Gasteiger partial charge is 0.272 e. The second kappa shape index (κ2) is 7.66. The van der Waals surface area contributed by atoms with E-state index in [-0.39, 0.29) is 5.91 Å². The van der Waals surface area contributed by atoms with Crippen LogP contribution >= 0.6 is 0 Å². The first kappa shape index (κ1) is 17.8. The lowest BCUT2D eigenvalue weighted by atomic mass is 10.2. The van der Waals surface area contributed by atoms with Crippen LogP contribution in [-0.2, 0) is 0 Å². The monoisotopic (exact) mass is 388 g/mol. The molecule has 29 heavy (non-hydrogen) atoms. The number of nitrogens with zero attached hydrogens (tertiary/aromatic N) is 6. The minimum atomic E-state index is -0.00385. The number of amides is 1. The van der Waals surface area contributed by atoms with Gasteiger partial charge in [-0.3, -0.25) is 4.79 Å². The summed E-state index contributed by atoms with van der Waals surface area (Å²) in [5, 5.41) is 1.05. The van der Waals surface area contributed by atoms with Gasteiger partial charge >= 0.3 is 0 Å². The second-order valence-corrected chi connectivity index (χ2v) is 7.58. The number of hydrogen-bond acceptors (Lipinski definition) is 6. The van der Waals surface area contributed by atoms with Crippen LogP contribution in [0, 0.1) is 0 Å². The molecular formula is C22H24N6O. The van der Waals surface area contributed by atoms with Gasteiger partial charge < -0.3 is 14.7 Å². The fourth-order valence-corrected chi connectivity index (χ4v) is 4.07. The summed E-state index contributed by atoms with van der Waals surface area (Å²) in [5.41, 5.74) is 1.36. The number of fused-ring (bicyclic) bond motifs is 1. The number of anilines is 2. The summed E-state index contributed by atoms with van der Waals surface area (Å²) in [4.78, 5) is 33.0. The van der Waals surface area contributed by atoms with Gasteiger partial charge in [0.25, 0.3) is 5.91 Å². The third-order valence-electron chi connectivity index (χ3n) is 5.73. The van der Waals surface area contributed by atoms with Crippen LogP contribution in [-0.4, -0.2) is 65.0 Å². The Labute approximate surface area is 170 Å².